The number of anilines is 1. The highest BCUT2D eigenvalue weighted by Crippen LogP contribution is 2.33. The highest BCUT2D eigenvalue weighted by molar-refractivity contribution is 7.16. The highest BCUT2D eigenvalue weighted by Gasteiger charge is 2.22. The van der Waals surface area contributed by atoms with Crippen molar-refractivity contribution in [1.29, 1.82) is 0 Å². The van der Waals surface area contributed by atoms with Crippen molar-refractivity contribution in [3.8, 4) is 17.2 Å². The molecule has 0 spiro atoms. The van der Waals surface area contributed by atoms with Crippen LogP contribution in [0.4, 0.5) is 5.00 Å². The van der Waals surface area contributed by atoms with Gasteiger partial charge in [0.15, 0.2) is 17.6 Å². The van der Waals surface area contributed by atoms with Crippen molar-refractivity contribution in [3.05, 3.63) is 69.6 Å². The van der Waals surface area contributed by atoms with Gasteiger partial charge in [-0.2, -0.15) is 5.10 Å². The van der Waals surface area contributed by atoms with Crippen molar-refractivity contribution >= 4 is 40.3 Å². The molecule has 0 unspecified atom stereocenters. The molecule has 0 bridgehead atoms. The van der Waals surface area contributed by atoms with Crippen LogP contribution in [-0.2, 0) is 9.53 Å². The maximum atomic E-state index is 12.8. The monoisotopic (exact) mass is 553 g/mol. The van der Waals surface area contributed by atoms with Crippen molar-refractivity contribution in [2.75, 3.05) is 18.5 Å². The third-order valence-corrected chi connectivity index (χ3v) is 6.69. The number of carbonyl (C=O) groups is 3. The molecule has 0 saturated carbocycles. The summed E-state index contributed by atoms with van der Waals surface area (Å²) < 4.78 is 16.1. The predicted molar refractivity (Wildman–Crippen MR) is 149 cm³/mol. The van der Waals surface area contributed by atoms with Crippen LogP contribution in [0.15, 0.2) is 47.6 Å². The fourth-order valence-electron chi connectivity index (χ4n) is 3.43. The van der Waals surface area contributed by atoms with Crippen LogP contribution in [0.3, 0.4) is 0 Å². The number of esters is 1. The van der Waals surface area contributed by atoms with Crippen molar-refractivity contribution < 1.29 is 33.7 Å². The zero-order valence-corrected chi connectivity index (χ0v) is 23.2. The first kappa shape index (κ1) is 29.2. The Morgan fingerprint density at radius 2 is 1.79 bits per heavy atom. The molecule has 1 heterocycles. The van der Waals surface area contributed by atoms with Crippen LogP contribution >= 0.6 is 11.3 Å². The van der Waals surface area contributed by atoms with Gasteiger partial charge in [0.25, 0.3) is 11.8 Å². The molecule has 206 valence electrons. The largest absolute Gasteiger partial charge is 0.504 e. The van der Waals surface area contributed by atoms with Crippen molar-refractivity contribution in [3.63, 3.8) is 0 Å². The van der Waals surface area contributed by atoms with E-state index in [0.29, 0.717) is 39.8 Å². The number of amides is 2. The number of phenolic OH excluding ortho intramolecular Hbond substituents is 1. The second kappa shape index (κ2) is 13.4. The molecule has 3 N–H and O–H groups in total. The van der Waals surface area contributed by atoms with E-state index < -0.39 is 23.9 Å². The van der Waals surface area contributed by atoms with Gasteiger partial charge in [-0.25, -0.2) is 10.2 Å². The Kier molecular flexibility index (Phi) is 10.0. The summed E-state index contributed by atoms with van der Waals surface area (Å²) in [7, 11) is 0. The van der Waals surface area contributed by atoms with Gasteiger partial charge in [-0.05, 0) is 88.2 Å². The number of nitrogens with zero attached hydrogens (tertiary/aromatic N) is 1. The molecule has 3 rings (SSSR count). The molecule has 0 saturated heterocycles. The summed E-state index contributed by atoms with van der Waals surface area (Å²) in [6, 6.07) is 11.0. The Bertz CT molecular complexity index is 1370. The lowest BCUT2D eigenvalue weighted by molar-refractivity contribution is -0.127. The predicted octanol–water partition coefficient (Wildman–Crippen LogP) is 4.82. The van der Waals surface area contributed by atoms with Gasteiger partial charge >= 0.3 is 5.97 Å². The van der Waals surface area contributed by atoms with E-state index in [4.69, 9.17) is 14.2 Å². The first-order chi connectivity index (χ1) is 18.6. The molecule has 1 atom stereocenters. The molecule has 0 aliphatic rings. The van der Waals surface area contributed by atoms with E-state index in [9.17, 15) is 19.5 Å². The first-order valence-corrected chi connectivity index (χ1v) is 13.1. The van der Waals surface area contributed by atoms with Gasteiger partial charge in [0.05, 0.1) is 25.0 Å². The summed E-state index contributed by atoms with van der Waals surface area (Å²) in [6.07, 6.45) is 0.550. The summed E-state index contributed by atoms with van der Waals surface area (Å²) >= 11 is 1.31. The van der Waals surface area contributed by atoms with E-state index in [1.54, 1.807) is 57.2 Å². The lowest BCUT2D eigenvalue weighted by atomic mass is 10.1. The number of carbonyl (C=O) groups excluding carboxylic acids is 3. The van der Waals surface area contributed by atoms with Gasteiger partial charge in [-0.3, -0.25) is 9.59 Å². The fourth-order valence-corrected chi connectivity index (χ4v) is 4.47. The van der Waals surface area contributed by atoms with E-state index in [2.05, 4.69) is 15.8 Å². The molecule has 2 amide bonds. The third kappa shape index (κ3) is 7.57. The van der Waals surface area contributed by atoms with Crippen LogP contribution in [0.5, 0.6) is 17.2 Å². The number of hydrazone groups is 1. The smallest absolute Gasteiger partial charge is 0.341 e. The molecule has 0 aliphatic carbocycles. The van der Waals surface area contributed by atoms with E-state index in [-0.39, 0.29) is 12.4 Å². The minimum Gasteiger partial charge on any atom is -0.504 e. The van der Waals surface area contributed by atoms with Crippen molar-refractivity contribution in [1.82, 2.24) is 5.43 Å². The first-order valence-electron chi connectivity index (χ1n) is 12.3. The van der Waals surface area contributed by atoms with Crippen molar-refractivity contribution in [2.24, 2.45) is 5.10 Å². The van der Waals surface area contributed by atoms with Crippen LogP contribution in [0.25, 0.3) is 0 Å². The number of aromatic hydroxyl groups is 1. The van der Waals surface area contributed by atoms with Gasteiger partial charge < -0.3 is 24.6 Å². The van der Waals surface area contributed by atoms with Crippen molar-refractivity contribution in [2.45, 2.75) is 40.7 Å². The lowest BCUT2D eigenvalue weighted by Gasteiger charge is -2.13. The second-order valence-corrected chi connectivity index (χ2v) is 9.57. The number of nitrogens with one attached hydrogen (secondary N) is 2. The number of benzene rings is 2. The fraction of sp³-hybridized carbons (Fsp3) is 0.286. The number of aryl methyl sites for hydroxylation is 1. The molecule has 3 aromatic rings. The zero-order valence-electron chi connectivity index (χ0n) is 22.4. The molecule has 0 fully saturated rings. The standard InChI is InChI=1S/C28H31N3O7S/c1-6-36-23-14-19(8-13-22(23)32)15-29-31-25(33)17(4)38-21-11-9-20(10-12-21)26(34)30-27-24(28(35)37-7-2)16(3)18(5)39-27/h8-15,17,32H,6-7H2,1-5H3,(H,30,34)(H,31,33)/b29-15+/t17-/m1/s1. The molecular formula is C28H31N3O7S. The maximum Gasteiger partial charge on any atom is 0.341 e. The lowest BCUT2D eigenvalue weighted by Crippen LogP contribution is -2.33. The number of hydrogen-bond donors (Lipinski definition) is 3. The number of ether oxygens (including phenoxy) is 3. The second-order valence-electron chi connectivity index (χ2n) is 8.34. The summed E-state index contributed by atoms with van der Waals surface area (Å²) in [5, 5.41) is 16.9. The summed E-state index contributed by atoms with van der Waals surface area (Å²) in [4.78, 5) is 38.5. The minimum absolute atomic E-state index is 0.0155. The molecule has 0 radical (unpaired) electrons. The quantitative estimate of drug-likeness (QED) is 0.176. The summed E-state index contributed by atoms with van der Waals surface area (Å²) in [5.74, 6) is -0.633. The Morgan fingerprint density at radius 1 is 1.08 bits per heavy atom. The molecule has 11 heteroatoms. The summed E-state index contributed by atoms with van der Waals surface area (Å²) in [5.41, 5.74) is 4.51. The molecule has 39 heavy (non-hydrogen) atoms. The highest BCUT2D eigenvalue weighted by atomic mass is 32.1. The Labute approximate surface area is 230 Å². The molecule has 2 aromatic carbocycles. The average Bonchev–Trinajstić information content (AvgIpc) is 3.18. The number of thiophene rings is 1. The third-order valence-electron chi connectivity index (χ3n) is 5.56. The Hall–Kier alpha value is -4.38. The number of rotatable bonds is 11. The SMILES string of the molecule is CCOC(=O)c1c(NC(=O)c2ccc(O[C@H](C)C(=O)N/N=C/c3ccc(O)c(OCC)c3)cc2)sc(C)c1C. The molecule has 0 aliphatic heterocycles. The average molecular weight is 554 g/mol. The molecule has 10 nitrogen and oxygen atoms in total. The topological polar surface area (TPSA) is 136 Å². The summed E-state index contributed by atoms with van der Waals surface area (Å²) in [6.45, 7) is 9.42. The maximum absolute atomic E-state index is 12.8. The molecular weight excluding hydrogens is 522 g/mol. The zero-order chi connectivity index (χ0) is 28.5. The van der Waals surface area contributed by atoms with E-state index in [0.717, 1.165) is 10.4 Å². The van der Waals surface area contributed by atoms with Gasteiger partial charge in [0.2, 0.25) is 0 Å². The van der Waals surface area contributed by atoms with Gasteiger partial charge in [-0.1, -0.05) is 0 Å². The van der Waals surface area contributed by atoms with Crippen LogP contribution in [-0.4, -0.2) is 48.4 Å². The van der Waals surface area contributed by atoms with Crippen LogP contribution in [0, 0.1) is 13.8 Å². The van der Waals surface area contributed by atoms with Crippen LogP contribution in [0.2, 0.25) is 0 Å². The number of phenols is 1. The Balaban J connectivity index is 1.58. The number of hydrogen-bond acceptors (Lipinski definition) is 9. The van der Waals surface area contributed by atoms with Crippen LogP contribution in [0.1, 0.15) is 57.5 Å². The van der Waals surface area contributed by atoms with E-state index >= 15 is 0 Å². The Morgan fingerprint density at radius 3 is 2.46 bits per heavy atom. The van der Waals surface area contributed by atoms with E-state index in [1.165, 1.54) is 23.6 Å². The van der Waals surface area contributed by atoms with E-state index in [1.807, 2.05) is 13.8 Å². The van der Waals surface area contributed by atoms with Gasteiger partial charge in [0.1, 0.15) is 10.8 Å². The normalized spacial score (nSPS) is 11.6. The minimum atomic E-state index is -0.871. The molecule has 1 aromatic heterocycles. The van der Waals surface area contributed by atoms with Crippen LogP contribution < -0.4 is 20.2 Å². The van der Waals surface area contributed by atoms with Gasteiger partial charge in [-0.15, -0.1) is 11.3 Å². The van der Waals surface area contributed by atoms with Gasteiger partial charge in [0, 0.05) is 10.4 Å².